The van der Waals surface area contributed by atoms with E-state index in [1.54, 1.807) is 0 Å². The average Bonchev–Trinajstić information content (AvgIpc) is 3.05. The van der Waals surface area contributed by atoms with Crippen LogP contribution in [0.4, 0.5) is 0 Å². The fraction of sp³-hybridized carbons (Fsp3) is 0.667. The first kappa shape index (κ1) is 21.4. The van der Waals surface area contributed by atoms with E-state index in [1.165, 1.54) is 0 Å². The van der Waals surface area contributed by atoms with E-state index in [0.29, 0.717) is 12.8 Å². The lowest BCUT2D eigenvalue weighted by molar-refractivity contribution is -0.149. The van der Waals surface area contributed by atoms with Gasteiger partial charge in [-0.15, -0.1) is 0 Å². The first-order chi connectivity index (χ1) is 12.1. The second-order valence-corrected chi connectivity index (χ2v) is 6.13. The number of carbonyl (C=O) groups excluding carboxylic acids is 3. The van der Waals surface area contributed by atoms with Crippen LogP contribution in [-0.4, -0.2) is 69.4 Å². The Bertz CT molecular complexity index is 580. The van der Waals surface area contributed by atoms with Gasteiger partial charge in [-0.25, -0.2) is 4.79 Å². The highest BCUT2D eigenvalue weighted by Gasteiger charge is 2.37. The van der Waals surface area contributed by atoms with Gasteiger partial charge in [0.2, 0.25) is 17.7 Å². The Labute approximate surface area is 149 Å². The van der Waals surface area contributed by atoms with Crippen LogP contribution < -0.4 is 16.8 Å². The molecule has 0 bridgehead atoms. The molecule has 11 nitrogen and oxygen atoms in total. The summed E-state index contributed by atoms with van der Waals surface area (Å²) >= 11 is 0. The minimum atomic E-state index is -1.16. The molecule has 1 aliphatic rings. The second kappa shape index (κ2) is 9.70. The van der Waals surface area contributed by atoms with E-state index in [9.17, 15) is 29.1 Å². The van der Waals surface area contributed by atoms with Gasteiger partial charge in [0.1, 0.15) is 12.1 Å². The van der Waals surface area contributed by atoms with Gasteiger partial charge >= 0.3 is 11.9 Å². The van der Waals surface area contributed by atoms with Crippen molar-refractivity contribution in [3.8, 4) is 0 Å². The molecule has 0 radical (unpaired) electrons. The van der Waals surface area contributed by atoms with E-state index in [2.05, 4.69) is 5.32 Å². The van der Waals surface area contributed by atoms with Crippen LogP contribution in [0.3, 0.4) is 0 Å². The lowest BCUT2D eigenvalue weighted by Crippen LogP contribution is -2.54. The SMILES string of the molecule is NC(=O)CC[C@H](NC(=O)[C@@H](N)CCC(=O)O)C(=O)N1CCC[C@H]1C(=O)O. The summed E-state index contributed by atoms with van der Waals surface area (Å²) in [5.74, 6) is -4.32. The molecular formula is C15H24N4O7. The number of aliphatic carboxylic acids is 2. The van der Waals surface area contributed by atoms with Gasteiger partial charge in [0, 0.05) is 19.4 Å². The number of hydrogen-bond acceptors (Lipinski definition) is 6. The summed E-state index contributed by atoms with van der Waals surface area (Å²) in [6.07, 6.45) is 0.0785. The predicted molar refractivity (Wildman–Crippen MR) is 87.6 cm³/mol. The summed E-state index contributed by atoms with van der Waals surface area (Å²) in [7, 11) is 0. The number of carbonyl (C=O) groups is 5. The monoisotopic (exact) mass is 372 g/mol. The number of carboxylic acids is 2. The minimum Gasteiger partial charge on any atom is -0.481 e. The molecule has 26 heavy (non-hydrogen) atoms. The fourth-order valence-corrected chi connectivity index (χ4v) is 2.72. The Morgan fingerprint density at radius 3 is 2.31 bits per heavy atom. The maximum Gasteiger partial charge on any atom is 0.326 e. The van der Waals surface area contributed by atoms with Crippen molar-refractivity contribution >= 4 is 29.7 Å². The minimum absolute atomic E-state index is 0.103. The maximum atomic E-state index is 12.7. The van der Waals surface area contributed by atoms with Crippen molar-refractivity contribution in [3.05, 3.63) is 0 Å². The number of carboxylic acid groups (broad SMARTS) is 2. The topological polar surface area (TPSA) is 193 Å². The molecule has 11 heteroatoms. The zero-order chi connectivity index (χ0) is 19.9. The molecule has 0 aliphatic carbocycles. The van der Waals surface area contributed by atoms with Gasteiger partial charge in [-0.3, -0.25) is 19.2 Å². The van der Waals surface area contributed by atoms with E-state index in [4.69, 9.17) is 16.6 Å². The molecule has 0 spiro atoms. The van der Waals surface area contributed by atoms with Crippen molar-refractivity contribution in [2.24, 2.45) is 11.5 Å². The van der Waals surface area contributed by atoms with Crippen molar-refractivity contribution in [3.63, 3.8) is 0 Å². The number of nitrogens with one attached hydrogen (secondary N) is 1. The van der Waals surface area contributed by atoms with Crippen molar-refractivity contribution in [1.29, 1.82) is 0 Å². The van der Waals surface area contributed by atoms with E-state index in [-0.39, 0.29) is 32.2 Å². The number of likely N-dealkylation sites (tertiary alicyclic amines) is 1. The van der Waals surface area contributed by atoms with Gasteiger partial charge in [0.15, 0.2) is 0 Å². The summed E-state index contributed by atoms with van der Waals surface area (Å²) < 4.78 is 0. The molecule has 3 atom stereocenters. The highest BCUT2D eigenvalue weighted by Crippen LogP contribution is 2.19. The molecule has 146 valence electrons. The molecule has 0 saturated carbocycles. The molecule has 0 unspecified atom stereocenters. The molecule has 1 heterocycles. The Morgan fingerprint density at radius 1 is 1.12 bits per heavy atom. The molecule has 1 rings (SSSR count). The fourth-order valence-electron chi connectivity index (χ4n) is 2.72. The molecule has 0 aromatic heterocycles. The highest BCUT2D eigenvalue weighted by molar-refractivity contribution is 5.92. The lowest BCUT2D eigenvalue weighted by atomic mass is 10.1. The van der Waals surface area contributed by atoms with Gasteiger partial charge in [0.25, 0.3) is 0 Å². The zero-order valence-electron chi connectivity index (χ0n) is 14.2. The Morgan fingerprint density at radius 2 is 1.77 bits per heavy atom. The van der Waals surface area contributed by atoms with Gasteiger partial charge in [-0.1, -0.05) is 0 Å². The van der Waals surface area contributed by atoms with Crippen molar-refractivity contribution in [1.82, 2.24) is 10.2 Å². The van der Waals surface area contributed by atoms with Crippen molar-refractivity contribution < 1.29 is 34.2 Å². The van der Waals surface area contributed by atoms with Gasteiger partial charge in [-0.05, 0) is 25.7 Å². The van der Waals surface area contributed by atoms with Gasteiger partial charge in [0.05, 0.1) is 6.04 Å². The van der Waals surface area contributed by atoms with Crippen LogP contribution in [0, 0.1) is 0 Å². The summed E-state index contributed by atoms with van der Waals surface area (Å²) in [5, 5.41) is 20.2. The third-order valence-corrected chi connectivity index (χ3v) is 4.12. The van der Waals surface area contributed by atoms with E-state index < -0.39 is 47.8 Å². The van der Waals surface area contributed by atoms with E-state index in [1.807, 2.05) is 0 Å². The zero-order valence-corrected chi connectivity index (χ0v) is 14.2. The normalized spacial score (nSPS) is 18.8. The number of nitrogens with zero attached hydrogens (tertiary/aromatic N) is 1. The largest absolute Gasteiger partial charge is 0.481 e. The van der Waals surface area contributed by atoms with Gasteiger partial charge < -0.3 is 31.9 Å². The average molecular weight is 372 g/mol. The van der Waals surface area contributed by atoms with Crippen LogP contribution in [0.1, 0.15) is 38.5 Å². The molecule has 1 aliphatic heterocycles. The molecule has 0 aromatic carbocycles. The first-order valence-electron chi connectivity index (χ1n) is 8.22. The standard InChI is InChI=1S/C15H24N4O7/c16-8(3-6-12(21)22)13(23)18-9(4-5-11(17)20)14(24)19-7-1-2-10(19)15(25)26/h8-10H,1-7,16H2,(H2,17,20)(H,18,23)(H,21,22)(H,25,26)/t8-,9-,10-/m0/s1. The van der Waals surface area contributed by atoms with Crippen LogP contribution in [0.5, 0.6) is 0 Å². The number of nitrogens with two attached hydrogens (primary N) is 2. The molecule has 1 saturated heterocycles. The van der Waals surface area contributed by atoms with Crippen LogP contribution in [0.15, 0.2) is 0 Å². The number of primary amides is 1. The van der Waals surface area contributed by atoms with Gasteiger partial charge in [-0.2, -0.15) is 0 Å². The number of hydrogen-bond donors (Lipinski definition) is 5. The summed E-state index contributed by atoms with van der Waals surface area (Å²) in [6.45, 7) is 0.226. The highest BCUT2D eigenvalue weighted by atomic mass is 16.4. The van der Waals surface area contributed by atoms with Crippen molar-refractivity contribution in [2.75, 3.05) is 6.54 Å². The molecular weight excluding hydrogens is 348 g/mol. The van der Waals surface area contributed by atoms with Crippen molar-refractivity contribution in [2.45, 2.75) is 56.7 Å². The van der Waals surface area contributed by atoms with Crippen LogP contribution in [-0.2, 0) is 24.0 Å². The number of rotatable bonds is 10. The van der Waals surface area contributed by atoms with Crippen LogP contribution in [0.25, 0.3) is 0 Å². The summed E-state index contributed by atoms with van der Waals surface area (Å²) in [6, 6.07) is -3.30. The lowest BCUT2D eigenvalue weighted by Gasteiger charge is -2.28. The Kier molecular flexibility index (Phi) is 7.97. The van der Waals surface area contributed by atoms with E-state index >= 15 is 0 Å². The summed E-state index contributed by atoms with van der Waals surface area (Å²) in [4.78, 5) is 58.7. The smallest absolute Gasteiger partial charge is 0.326 e. The third-order valence-electron chi connectivity index (χ3n) is 4.12. The van der Waals surface area contributed by atoms with E-state index in [0.717, 1.165) is 4.90 Å². The maximum absolute atomic E-state index is 12.7. The second-order valence-electron chi connectivity index (χ2n) is 6.13. The molecule has 0 aromatic rings. The first-order valence-corrected chi connectivity index (χ1v) is 8.22. The molecule has 3 amide bonds. The molecule has 1 fully saturated rings. The number of amides is 3. The Balaban J connectivity index is 2.81. The molecule has 7 N–H and O–H groups in total. The van der Waals surface area contributed by atoms with Crippen LogP contribution in [0.2, 0.25) is 0 Å². The third kappa shape index (κ3) is 6.31. The Hall–Kier alpha value is -2.69. The predicted octanol–water partition coefficient (Wildman–Crippen LogP) is -2.00. The van der Waals surface area contributed by atoms with Crippen LogP contribution >= 0.6 is 0 Å². The summed E-state index contributed by atoms with van der Waals surface area (Å²) in [5.41, 5.74) is 10.7. The quantitative estimate of drug-likeness (QED) is 0.290.